The van der Waals surface area contributed by atoms with Gasteiger partial charge in [-0.25, -0.2) is 0 Å². The Balaban J connectivity index is 1.88. The van der Waals surface area contributed by atoms with E-state index in [1.54, 1.807) is 48.5 Å². The van der Waals surface area contributed by atoms with Crippen LogP contribution < -0.4 is 10.6 Å². The van der Waals surface area contributed by atoms with Crippen LogP contribution in [0.5, 0.6) is 0 Å². The van der Waals surface area contributed by atoms with Gasteiger partial charge in [-0.2, -0.15) is 0 Å². The zero-order chi connectivity index (χ0) is 23.1. The van der Waals surface area contributed by atoms with E-state index in [-0.39, 0.29) is 17.9 Å². The molecular weight excluding hydrogens is 410 g/mol. The van der Waals surface area contributed by atoms with Crippen molar-refractivity contribution in [2.24, 2.45) is 0 Å². The van der Waals surface area contributed by atoms with Gasteiger partial charge in [-0.05, 0) is 31.2 Å². The van der Waals surface area contributed by atoms with E-state index < -0.39 is 16.7 Å². The molecule has 0 bridgehead atoms. The Hall–Kier alpha value is -4.46. The summed E-state index contributed by atoms with van der Waals surface area (Å²) in [5.41, 5.74) is 1.84. The highest BCUT2D eigenvalue weighted by Crippen LogP contribution is 2.26. The SMILES string of the molecule is C=CCNC(=O)/C(=C/c1ccc(-c2cccc([N+](=O)[O-])c2)o1)NC(=O)c1ccc(C)cc1. The summed E-state index contributed by atoms with van der Waals surface area (Å²) in [6.07, 6.45) is 2.91. The second kappa shape index (κ2) is 10.0. The fourth-order valence-electron chi connectivity index (χ4n) is 2.82. The molecule has 8 heteroatoms. The summed E-state index contributed by atoms with van der Waals surface area (Å²) in [4.78, 5) is 35.7. The number of nitrogens with zero attached hydrogens (tertiary/aromatic N) is 1. The molecule has 0 saturated heterocycles. The highest BCUT2D eigenvalue weighted by Gasteiger charge is 2.16. The number of aryl methyl sites for hydroxylation is 1. The van der Waals surface area contributed by atoms with Crippen LogP contribution in [0.1, 0.15) is 21.7 Å². The zero-order valence-electron chi connectivity index (χ0n) is 17.3. The lowest BCUT2D eigenvalue weighted by atomic mass is 10.1. The van der Waals surface area contributed by atoms with Crippen molar-refractivity contribution in [2.45, 2.75) is 6.92 Å². The molecule has 1 heterocycles. The second-order valence-electron chi connectivity index (χ2n) is 6.89. The minimum absolute atomic E-state index is 0.0163. The van der Waals surface area contributed by atoms with E-state index in [9.17, 15) is 19.7 Å². The molecule has 0 aliphatic carbocycles. The molecule has 32 heavy (non-hydrogen) atoms. The third kappa shape index (κ3) is 5.57. The van der Waals surface area contributed by atoms with Crippen LogP contribution in [0.15, 0.2) is 83.4 Å². The Morgan fingerprint density at radius 3 is 2.56 bits per heavy atom. The van der Waals surface area contributed by atoms with E-state index >= 15 is 0 Å². The van der Waals surface area contributed by atoms with Crippen molar-refractivity contribution < 1.29 is 18.9 Å². The summed E-state index contributed by atoms with van der Waals surface area (Å²) < 4.78 is 5.74. The molecule has 3 aromatic rings. The van der Waals surface area contributed by atoms with Crippen LogP contribution in [0.3, 0.4) is 0 Å². The van der Waals surface area contributed by atoms with Crippen LogP contribution in [0.4, 0.5) is 5.69 Å². The molecule has 8 nitrogen and oxygen atoms in total. The Kier molecular flexibility index (Phi) is 6.97. The van der Waals surface area contributed by atoms with Crippen LogP contribution in [0.25, 0.3) is 17.4 Å². The van der Waals surface area contributed by atoms with Crippen molar-refractivity contribution in [1.82, 2.24) is 10.6 Å². The third-order valence-electron chi connectivity index (χ3n) is 4.47. The summed E-state index contributed by atoms with van der Waals surface area (Å²) >= 11 is 0. The van der Waals surface area contributed by atoms with Crippen molar-refractivity contribution in [1.29, 1.82) is 0 Å². The van der Waals surface area contributed by atoms with Crippen molar-refractivity contribution in [3.63, 3.8) is 0 Å². The first-order valence-corrected chi connectivity index (χ1v) is 9.71. The Morgan fingerprint density at radius 2 is 1.88 bits per heavy atom. The lowest BCUT2D eigenvalue weighted by Crippen LogP contribution is -2.34. The number of rotatable bonds is 8. The molecule has 3 rings (SSSR count). The molecule has 1 aromatic heterocycles. The number of hydrogen-bond acceptors (Lipinski definition) is 5. The van der Waals surface area contributed by atoms with E-state index in [0.717, 1.165) is 5.56 Å². The van der Waals surface area contributed by atoms with Gasteiger partial charge in [0.25, 0.3) is 17.5 Å². The van der Waals surface area contributed by atoms with Gasteiger partial charge in [-0.3, -0.25) is 19.7 Å². The Morgan fingerprint density at radius 1 is 1.12 bits per heavy atom. The minimum atomic E-state index is -0.515. The van der Waals surface area contributed by atoms with E-state index in [4.69, 9.17) is 4.42 Å². The van der Waals surface area contributed by atoms with Crippen LogP contribution in [-0.2, 0) is 4.79 Å². The summed E-state index contributed by atoms with van der Waals surface area (Å²) in [5.74, 6) is -0.288. The second-order valence-corrected chi connectivity index (χ2v) is 6.89. The van der Waals surface area contributed by atoms with Crippen molar-refractivity contribution in [3.05, 3.63) is 106 Å². The average molecular weight is 431 g/mol. The maximum atomic E-state index is 12.6. The van der Waals surface area contributed by atoms with Crippen LogP contribution in [0, 0.1) is 17.0 Å². The first kappa shape index (κ1) is 22.2. The number of carbonyl (C=O) groups excluding carboxylic acids is 2. The maximum Gasteiger partial charge on any atom is 0.270 e. The topological polar surface area (TPSA) is 114 Å². The van der Waals surface area contributed by atoms with Gasteiger partial charge in [0.05, 0.1) is 4.92 Å². The molecule has 162 valence electrons. The van der Waals surface area contributed by atoms with Gasteiger partial charge < -0.3 is 15.1 Å². The van der Waals surface area contributed by atoms with Crippen molar-refractivity contribution in [3.8, 4) is 11.3 Å². The normalized spacial score (nSPS) is 11.0. The van der Waals surface area contributed by atoms with E-state index in [2.05, 4.69) is 17.2 Å². The fourth-order valence-corrected chi connectivity index (χ4v) is 2.82. The highest BCUT2D eigenvalue weighted by atomic mass is 16.6. The van der Waals surface area contributed by atoms with Crippen LogP contribution >= 0.6 is 0 Å². The van der Waals surface area contributed by atoms with E-state index in [1.807, 2.05) is 6.92 Å². The first-order chi connectivity index (χ1) is 15.4. The predicted molar refractivity (Wildman–Crippen MR) is 121 cm³/mol. The molecule has 0 aliphatic rings. The molecule has 0 fully saturated rings. The van der Waals surface area contributed by atoms with Crippen molar-refractivity contribution >= 4 is 23.6 Å². The van der Waals surface area contributed by atoms with Gasteiger partial charge in [0.1, 0.15) is 17.2 Å². The number of furan rings is 1. The minimum Gasteiger partial charge on any atom is -0.457 e. The number of nitro benzene ring substituents is 1. The average Bonchev–Trinajstić information content (AvgIpc) is 3.26. The summed E-state index contributed by atoms with van der Waals surface area (Å²) in [6.45, 7) is 5.69. The molecule has 0 spiro atoms. The predicted octanol–water partition coefficient (Wildman–Crippen LogP) is 4.24. The molecular formula is C24H21N3O5. The highest BCUT2D eigenvalue weighted by molar-refractivity contribution is 6.05. The number of hydrogen-bond donors (Lipinski definition) is 2. The molecule has 0 aliphatic heterocycles. The molecule has 0 atom stereocenters. The smallest absolute Gasteiger partial charge is 0.270 e. The first-order valence-electron chi connectivity index (χ1n) is 9.71. The molecule has 2 N–H and O–H groups in total. The number of amides is 2. The Bertz CT molecular complexity index is 1190. The van der Waals surface area contributed by atoms with Crippen molar-refractivity contribution in [2.75, 3.05) is 6.54 Å². The monoisotopic (exact) mass is 431 g/mol. The number of carbonyl (C=O) groups is 2. The molecule has 2 amide bonds. The fraction of sp³-hybridized carbons (Fsp3) is 0.0833. The van der Waals surface area contributed by atoms with E-state index in [0.29, 0.717) is 22.6 Å². The molecule has 0 saturated carbocycles. The lowest BCUT2D eigenvalue weighted by Gasteiger charge is -2.10. The van der Waals surface area contributed by atoms with Crippen LogP contribution in [0.2, 0.25) is 0 Å². The number of non-ortho nitro benzene ring substituents is 1. The zero-order valence-corrected chi connectivity index (χ0v) is 17.3. The third-order valence-corrected chi connectivity index (χ3v) is 4.47. The number of benzene rings is 2. The lowest BCUT2D eigenvalue weighted by molar-refractivity contribution is -0.384. The summed E-state index contributed by atoms with van der Waals surface area (Å²) in [5, 5.41) is 16.2. The molecule has 0 unspecified atom stereocenters. The largest absolute Gasteiger partial charge is 0.457 e. The van der Waals surface area contributed by atoms with Gasteiger partial charge >= 0.3 is 0 Å². The van der Waals surface area contributed by atoms with Gasteiger partial charge in [0.15, 0.2) is 0 Å². The number of nitro groups is 1. The number of nitrogens with one attached hydrogen (secondary N) is 2. The molecule has 0 radical (unpaired) electrons. The summed E-state index contributed by atoms with van der Waals surface area (Å²) in [7, 11) is 0. The van der Waals surface area contributed by atoms with Gasteiger partial charge in [0.2, 0.25) is 0 Å². The Labute approximate surface area is 184 Å². The maximum absolute atomic E-state index is 12.6. The van der Waals surface area contributed by atoms with Gasteiger partial charge in [-0.1, -0.05) is 35.9 Å². The quantitative estimate of drug-likeness (QED) is 0.240. The van der Waals surface area contributed by atoms with Gasteiger partial charge in [-0.15, -0.1) is 6.58 Å². The summed E-state index contributed by atoms with van der Waals surface area (Å²) in [6, 6.07) is 16.2. The van der Waals surface area contributed by atoms with Crippen LogP contribution in [-0.4, -0.2) is 23.3 Å². The van der Waals surface area contributed by atoms with E-state index in [1.165, 1.54) is 24.3 Å². The van der Waals surface area contributed by atoms with Gasteiger partial charge in [0, 0.05) is 35.9 Å². The standard InChI is InChI=1S/C24H21N3O5/c1-3-13-25-24(29)21(26-23(28)17-9-7-16(2)8-10-17)15-20-11-12-22(32-20)18-5-4-6-19(14-18)27(30)31/h3-12,14-15H,1,13H2,2H3,(H,25,29)(H,26,28)/b21-15-. The molecule has 2 aromatic carbocycles.